The van der Waals surface area contributed by atoms with Crippen molar-refractivity contribution in [2.24, 2.45) is 0 Å². The molecule has 0 spiro atoms. The van der Waals surface area contributed by atoms with E-state index in [1.165, 1.54) is 6.08 Å². The van der Waals surface area contributed by atoms with Crippen molar-refractivity contribution in [3.8, 4) is 16.5 Å². The molecule has 23 heavy (non-hydrogen) atoms. The normalized spacial score (nSPS) is 10.7. The van der Waals surface area contributed by atoms with Crippen molar-refractivity contribution in [3.63, 3.8) is 0 Å². The Bertz CT molecular complexity index is 745. The van der Waals surface area contributed by atoms with E-state index in [1.807, 2.05) is 49.4 Å². The zero-order chi connectivity index (χ0) is 16.7. The third kappa shape index (κ3) is 4.69. The fourth-order valence-electron chi connectivity index (χ4n) is 2.13. The lowest BCUT2D eigenvalue weighted by atomic mass is 10.2. The van der Waals surface area contributed by atoms with Gasteiger partial charge in [-0.1, -0.05) is 36.7 Å². The van der Waals surface area contributed by atoms with Gasteiger partial charge in [-0.15, -0.1) is 11.3 Å². The van der Waals surface area contributed by atoms with Crippen LogP contribution in [0.25, 0.3) is 16.5 Å². The number of carbonyl (C=O) groups excluding carboxylic acids is 1. The molecule has 1 amide bonds. The first kappa shape index (κ1) is 17.3. The molecule has 2 rings (SSSR count). The number of hydrogen-bond donors (Lipinski definition) is 0. The van der Waals surface area contributed by atoms with Crippen LogP contribution in [-0.2, 0) is 4.79 Å². The molecule has 1 aromatic carbocycles. The van der Waals surface area contributed by atoms with E-state index < -0.39 is 0 Å². The van der Waals surface area contributed by atoms with E-state index in [0.29, 0.717) is 11.6 Å². The Hall–Kier alpha value is -2.09. The number of amides is 1. The maximum atomic E-state index is 12.1. The molecule has 0 fully saturated rings. The molecule has 1 heterocycles. The molecular formula is C18H17ClN2OS. The maximum Gasteiger partial charge on any atom is 0.247 e. The number of thiophene rings is 1. The second-order valence-corrected chi connectivity index (χ2v) is 6.46. The molecule has 3 nitrogen and oxygen atoms in total. The van der Waals surface area contributed by atoms with Crippen molar-refractivity contribution in [2.75, 3.05) is 13.1 Å². The fourth-order valence-corrected chi connectivity index (χ4v) is 3.37. The molecule has 0 aliphatic rings. The van der Waals surface area contributed by atoms with Crippen LogP contribution in [0.5, 0.6) is 0 Å². The molecule has 0 unspecified atom stereocenters. The Morgan fingerprint density at radius 3 is 2.83 bits per heavy atom. The zero-order valence-electron chi connectivity index (χ0n) is 12.8. The highest BCUT2D eigenvalue weighted by Crippen LogP contribution is 2.33. The summed E-state index contributed by atoms with van der Waals surface area (Å²) in [5.41, 5.74) is 0.988. The quantitative estimate of drug-likeness (QED) is 0.555. The molecule has 0 N–H and O–H groups in total. The number of halogens is 1. The fraction of sp³-hybridized carbons (Fsp3) is 0.222. The summed E-state index contributed by atoms with van der Waals surface area (Å²) in [6.07, 6.45) is 4.14. The van der Waals surface area contributed by atoms with Gasteiger partial charge in [-0.2, -0.15) is 5.26 Å². The number of benzene rings is 1. The number of hydrogen-bond acceptors (Lipinski definition) is 3. The van der Waals surface area contributed by atoms with Crippen molar-refractivity contribution in [1.82, 2.24) is 4.90 Å². The summed E-state index contributed by atoms with van der Waals surface area (Å²) in [5.74, 6) is -0.138. The average Bonchev–Trinajstić information content (AvgIpc) is 3.01. The molecular weight excluding hydrogens is 328 g/mol. The Morgan fingerprint density at radius 1 is 1.35 bits per heavy atom. The van der Waals surface area contributed by atoms with Crippen LogP contribution in [0.4, 0.5) is 0 Å². The maximum absolute atomic E-state index is 12.1. The molecule has 0 atom stereocenters. The summed E-state index contributed by atoms with van der Waals surface area (Å²) in [6, 6.07) is 13.7. The van der Waals surface area contributed by atoms with E-state index in [0.717, 1.165) is 21.7 Å². The molecule has 0 saturated heterocycles. The van der Waals surface area contributed by atoms with E-state index in [-0.39, 0.29) is 12.5 Å². The van der Waals surface area contributed by atoms with E-state index in [9.17, 15) is 4.79 Å². The van der Waals surface area contributed by atoms with E-state index in [2.05, 4.69) is 0 Å². The molecule has 0 bridgehead atoms. The van der Waals surface area contributed by atoms with Gasteiger partial charge in [0.25, 0.3) is 0 Å². The predicted molar refractivity (Wildman–Crippen MR) is 96.3 cm³/mol. The van der Waals surface area contributed by atoms with Gasteiger partial charge in [0.05, 0.1) is 6.07 Å². The third-order valence-corrected chi connectivity index (χ3v) is 4.64. The topological polar surface area (TPSA) is 44.1 Å². The lowest BCUT2D eigenvalue weighted by molar-refractivity contribution is -0.125. The van der Waals surface area contributed by atoms with Crippen LogP contribution in [0, 0.1) is 11.3 Å². The average molecular weight is 345 g/mol. The van der Waals surface area contributed by atoms with Gasteiger partial charge < -0.3 is 4.90 Å². The van der Waals surface area contributed by atoms with Crippen molar-refractivity contribution in [3.05, 3.63) is 52.4 Å². The zero-order valence-corrected chi connectivity index (χ0v) is 14.4. The van der Waals surface area contributed by atoms with Gasteiger partial charge in [0.2, 0.25) is 5.91 Å². The van der Waals surface area contributed by atoms with Crippen molar-refractivity contribution < 1.29 is 4.79 Å². The van der Waals surface area contributed by atoms with Crippen LogP contribution >= 0.6 is 22.9 Å². The van der Waals surface area contributed by atoms with Crippen LogP contribution in [-0.4, -0.2) is 23.9 Å². The lowest BCUT2D eigenvalue weighted by Gasteiger charge is -2.15. The van der Waals surface area contributed by atoms with Crippen LogP contribution < -0.4 is 0 Å². The van der Waals surface area contributed by atoms with Crippen molar-refractivity contribution in [1.29, 1.82) is 5.26 Å². The minimum atomic E-state index is -0.138. The minimum Gasteiger partial charge on any atom is -0.326 e. The first-order chi connectivity index (χ1) is 11.2. The largest absolute Gasteiger partial charge is 0.326 e. The lowest BCUT2D eigenvalue weighted by Crippen LogP contribution is -2.30. The van der Waals surface area contributed by atoms with Crippen LogP contribution in [0.15, 0.2) is 42.5 Å². The highest BCUT2D eigenvalue weighted by atomic mass is 35.5. The minimum absolute atomic E-state index is 0.117. The summed E-state index contributed by atoms with van der Waals surface area (Å²) in [7, 11) is 0. The second kappa shape index (κ2) is 8.52. The first-order valence-corrected chi connectivity index (χ1v) is 8.53. The summed E-state index contributed by atoms with van der Waals surface area (Å²) >= 11 is 7.78. The van der Waals surface area contributed by atoms with Crippen LogP contribution in [0.3, 0.4) is 0 Å². The van der Waals surface area contributed by atoms with E-state index in [4.69, 9.17) is 16.9 Å². The van der Waals surface area contributed by atoms with Crippen molar-refractivity contribution in [2.45, 2.75) is 13.3 Å². The van der Waals surface area contributed by atoms with E-state index in [1.54, 1.807) is 22.3 Å². The second-order valence-electron chi connectivity index (χ2n) is 4.93. The molecule has 0 saturated carbocycles. The van der Waals surface area contributed by atoms with E-state index >= 15 is 0 Å². The SMILES string of the molecule is CCCN(CC#N)C(=O)/C=C/c1ccc(-c2ccccc2Cl)s1. The highest BCUT2D eigenvalue weighted by molar-refractivity contribution is 7.16. The van der Waals surface area contributed by atoms with Gasteiger partial charge >= 0.3 is 0 Å². The number of nitriles is 1. The Balaban J connectivity index is 2.11. The first-order valence-electron chi connectivity index (χ1n) is 7.34. The van der Waals surface area contributed by atoms with Gasteiger partial charge in [0, 0.05) is 33.0 Å². The molecule has 1 aromatic heterocycles. The molecule has 0 aliphatic heterocycles. The Labute approximate surface area is 145 Å². The standard InChI is InChI=1S/C18H17ClN2OS/c1-2-12-21(13-11-20)18(22)10-8-14-7-9-17(23-14)15-5-3-4-6-16(15)19/h3-10H,2,12-13H2,1H3/b10-8+. The van der Waals surface area contributed by atoms with Crippen LogP contribution in [0.2, 0.25) is 5.02 Å². The van der Waals surface area contributed by atoms with Crippen LogP contribution in [0.1, 0.15) is 18.2 Å². The van der Waals surface area contributed by atoms with Gasteiger partial charge in [0.15, 0.2) is 0 Å². The molecule has 0 aliphatic carbocycles. The number of rotatable bonds is 6. The summed E-state index contributed by atoms with van der Waals surface area (Å²) in [6.45, 7) is 2.69. The number of nitrogens with zero attached hydrogens (tertiary/aromatic N) is 2. The monoisotopic (exact) mass is 344 g/mol. The highest BCUT2D eigenvalue weighted by Gasteiger charge is 2.09. The van der Waals surface area contributed by atoms with Gasteiger partial charge in [-0.05, 0) is 30.7 Å². The molecule has 2 aromatic rings. The summed E-state index contributed by atoms with van der Waals surface area (Å²) in [5, 5.41) is 9.49. The third-order valence-electron chi connectivity index (χ3n) is 3.22. The van der Waals surface area contributed by atoms with Gasteiger partial charge in [-0.3, -0.25) is 4.79 Å². The molecule has 5 heteroatoms. The van der Waals surface area contributed by atoms with Gasteiger partial charge in [-0.25, -0.2) is 0 Å². The van der Waals surface area contributed by atoms with Crippen molar-refractivity contribution >= 4 is 34.9 Å². The summed E-state index contributed by atoms with van der Waals surface area (Å²) < 4.78 is 0. The summed E-state index contributed by atoms with van der Waals surface area (Å²) in [4.78, 5) is 15.7. The molecule has 0 radical (unpaired) electrons. The molecule has 118 valence electrons. The predicted octanol–water partition coefficient (Wildman–Crippen LogP) is 4.84. The Morgan fingerprint density at radius 2 is 2.13 bits per heavy atom. The Kier molecular flexibility index (Phi) is 6.40. The van der Waals surface area contributed by atoms with Gasteiger partial charge in [0.1, 0.15) is 6.54 Å². The smallest absolute Gasteiger partial charge is 0.247 e. The number of carbonyl (C=O) groups is 1.